The van der Waals surface area contributed by atoms with Gasteiger partial charge in [-0.3, -0.25) is 0 Å². The van der Waals surface area contributed by atoms with E-state index in [4.69, 9.17) is 0 Å². The summed E-state index contributed by atoms with van der Waals surface area (Å²) >= 11 is 0. The minimum atomic E-state index is 0.833. The molecule has 0 saturated carbocycles. The average molecular weight is 243 g/mol. The van der Waals surface area contributed by atoms with Gasteiger partial charge in [0.1, 0.15) is 0 Å². The number of rotatable bonds is 11. The minimum Gasteiger partial charge on any atom is -0.331 e. The van der Waals surface area contributed by atoms with Crippen LogP contribution in [0.1, 0.15) is 52.4 Å². The number of unbranched alkanes of at least 4 members (excludes halogenated alkanes) is 4. The van der Waals surface area contributed by atoms with Gasteiger partial charge in [0.05, 0.1) is 27.7 Å². The molecule has 0 spiro atoms. The Morgan fingerprint density at radius 1 is 0.941 bits per heavy atom. The lowest BCUT2D eigenvalue weighted by molar-refractivity contribution is -0.870. The Bertz CT molecular complexity index is 161. The third-order valence-electron chi connectivity index (χ3n) is 3.37. The maximum atomic E-state index is 3.55. The molecule has 0 fully saturated rings. The molecule has 0 amide bonds. The molecule has 0 aromatic heterocycles. The molecule has 0 bridgehead atoms. The first-order valence-electron chi connectivity index (χ1n) is 7.47. The summed E-state index contributed by atoms with van der Waals surface area (Å²) in [5.41, 5.74) is 0. The van der Waals surface area contributed by atoms with E-state index in [2.05, 4.69) is 40.3 Å². The fourth-order valence-corrected chi connectivity index (χ4v) is 1.86. The summed E-state index contributed by atoms with van der Waals surface area (Å²) in [5, 5.41) is 3.55. The van der Waals surface area contributed by atoms with E-state index < -0.39 is 0 Å². The molecule has 0 aliphatic carbocycles. The van der Waals surface area contributed by atoms with Crippen LogP contribution in [0.15, 0.2) is 0 Å². The summed E-state index contributed by atoms with van der Waals surface area (Å²) in [6.07, 6.45) is 8.22. The third kappa shape index (κ3) is 13.9. The molecular weight excluding hydrogens is 208 g/mol. The van der Waals surface area contributed by atoms with Crippen molar-refractivity contribution < 1.29 is 4.48 Å². The van der Waals surface area contributed by atoms with E-state index in [1.54, 1.807) is 0 Å². The van der Waals surface area contributed by atoms with Gasteiger partial charge in [0.2, 0.25) is 0 Å². The lowest BCUT2D eigenvalue weighted by Gasteiger charge is -2.23. The third-order valence-corrected chi connectivity index (χ3v) is 3.37. The summed E-state index contributed by atoms with van der Waals surface area (Å²) in [4.78, 5) is 0. The molecule has 2 heteroatoms. The fourth-order valence-electron chi connectivity index (χ4n) is 1.86. The van der Waals surface area contributed by atoms with Gasteiger partial charge in [0.25, 0.3) is 0 Å². The molecule has 0 aliphatic rings. The monoisotopic (exact) mass is 243 g/mol. The van der Waals surface area contributed by atoms with Crippen LogP contribution in [-0.4, -0.2) is 45.3 Å². The van der Waals surface area contributed by atoms with Crippen LogP contribution in [0.3, 0.4) is 0 Å². The van der Waals surface area contributed by atoms with Crippen molar-refractivity contribution in [3.8, 4) is 0 Å². The highest BCUT2D eigenvalue weighted by molar-refractivity contribution is 4.55. The smallest absolute Gasteiger partial charge is 0.0780 e. The fraction of sp³-hybridized carbons (Fsp3) is 1.00. The Kier molecular flexibility index (Phi) is 9.85. The molecule has 0 radical (unpaired) electrons. The largest absolute Gasteiger partial charge is 0.331 e. The number of nitrogens with zero attached hydrogens (tertiary/aromatic N) is 1. The first-order chi connectivity index (χ1) is 7.95. The Balaban J connectivity index is 3.09. The van der Waals surface area contributed by atoms with Crippen molar-refractivity contribution in [3.05, 3.63) is 0 Å². The van der Waals surface area contributed by atoms with Gasteiger partial charge in [0.15, 0.2) is 0 Å². The van der Waals surface area contributed by atoms with Crippen molar-refractivity contribution in [2.75, 3.05) is 40.8 Å². The lowest BCUT2D eigenvalue weighted by Crippen LogP contribution is -2.35. The summed E-state index contributed by atoms with van der Waals surface area (Å²) in [6, 6.07) is 0. The molecule has 1 N–H and O–H groups in total. The van der Waals surface area contributed by atoms with E-state index in [0.717, 1.165) is 10.4 Å². The van der Waals surface area contributed by atoms with Crippen LogP contribution < -0.4 is 5.32 Å². The summed E-state index contributed by atoms with van der Waals surface area (Å²) in [7, 11) is 6.83. The summed E-state index contributed by atoms with van der Waals surface area (Å²) in [5.74, 6) is 0.833. The Morgan fingerprint density at radius 3 is 2.12 bits per heavy atom. The van der Waals surface area contributed by atoms with Crippen LogP contribution in [0.25, 0.3) is 0 Å². The molecule has 17 heavy (non-hydrogen) atoms. The van der Waals surface area contributed by atoms with Gasteiger partial charge in [0, 0.05) is 0 Å². The van der Waals surface area contributed by atoms with Crippen LogP contribution in [-0.2, 0) is 0 Å². The van der Waals surface area contributed by atoms with Crippen molar-refractivity contribution in [2.45, 2.75) is 52.4 Å². The highest BCUT2D eigenvalue weighted by Gasteiger charge is 2.04. The molecule has 0 heterocycles. The van der Waals surface area contributed by atoms with Gasteiger partial charge in [-0.15, -0.1) is 0 Å². The Morgan fingerprint density at radius 2 is 1.53 bits per heavy atom. The van der Waals surface area contributed by atoms with Gasteiger partial charge in [-0.1, -0.05) is 33.1 Å². The lowest BCUT2D eigenvalue weighted by atomic mass is 10.1. The van der Waals surface area contributed by atoms with Crippen molar-refractivity contribution >= 4 is 0 Å². The SMILES string of the molecule is CCC(C)CNCCCCCCC[N+](C)(C)C. The minimum absolute atomic E-state index is 0.833. The molecule has 0 aromatic rings. The quantitative estimate of drug-likeness (QED) is 0.434. The number of quaternary nitrogens is 1. The van der Waals surface area contributed by atoms with Crippen molar-refractivity contribution in [3.63, 3.8) is 0 Å². The van der Waals surface area contributed by atoms with Gasteiger partial charge in [-0.2, -0.15) is 0 Å². The molecule has 0 rings (SSSR count). The molecule has 0 aliphatic heterocycles. The highest BCUT2D eigenvalue weighted by Crippen LogP contribution is 2.05. The van der Waals surface area contributed by atoms with Crippen molar-refractivity contribution in [2.24, 2.45) is 5.92 Å². The second kappa shape index (κ2) is 9.90. The molecule has 0 aromatic carbocycles. The van der Waals surface area contributed by atoms with Crippen LogP contribution in [0.4, 0.5) is 0 Å². The number of nitrogens with one attached hydrogen (secondary N) is 1. The molecule has 2 nitrogen and oxygen atoms in total. The molecule has 1 atom stereocenters. The Labute approximate surface area is 109 Å². The van der Waals surface area contributed by atoms with E-state index in [1.807, 2.05) is 0 Å². The maximum Gasteiger partial charge on any atom is 0.0780 e. The zero-order valence-electron chi connectivity index (χ0n) is 12.9. The number of hydrogen-bond donors (Lipinski definition) is 1. The highest BCUT2D eigenvalue weighted by atomic mass is 15.3. The van der Waals surface area contributed by atoms with E-state index in [0.29, 0.717) is 0 Å². The first kappa shape index (κ1) is 16.9. The molecule has 1 unspecified atom stereocenters. The molecule has 104 valence electrons. The van der Waals surface area contributed by atoms with E-state index >= 15 is 0 Å². The van der Waals surface area contributed by atoms with Crippen LogP contribution in [0.2, 0.25) is 0 Å². The van der Waals surface area contributed by atoms with E-state index in [9.17, 15) is 0 Å². The maximum absolute atomic E-state index is 3.55. The van der Waals surface area contributed by atoms with Gasteiger partial charge < -0.3 is 9.80 Å². The second-order valence-corrected chi connectivity index (χ2v) is 6.50. The molecule has 0 saturated heterocycles. The van der Waals surface area contributed by atoms with Crippen molar-refractivity contribution in [1.82, 2.24) is 5.32 Å². The Hall–Kier alpha value is -0.0800. The van der Waals surface area contributed by atoms with Crippen molar-refractivity contribution in [1.29, 1.82) is 0 Å². The summed E-state index contributed by atoms with van der Waals surface area (Å²) in [6.45, 7) is 8.29. The van der Waals surface area contributed by atoms with Gasteiger partial charge >= 0.3 is 0 Å². The second-order valence-electron chi connectivity index (χ2n) is 6.50. The van der Waals surface area contributed by atoms with Crippen LogP contribution >= 0.6 is 0 Å². The van der Waals surface area contributed by atoms with Crippen LogP contribution in [0, 0.1) is 5.92 Å². The average Bonchev–Trinajstić information content (AvgIpc) is 2.25. The zero-order valence-corrected chi connectivity index (χ0v) is 12.9. The zero-order chi connectivity index (χ0) is 13.1. The number of hydrogen-bond acceptors (Lipinski definition) is 1. The van der Waals surface area contributed by atoms with Crippen LogP contribution in [0.5, 0.6) is 0 Å². The molecular formula is C15H35N2+. The summed E-state index contributed by atoms with van der Waals surface area (Å²) < 4.78 is 1.11. The first-order valence-corrected chi connectivity index (χ1v) is 7.47. The normalized spacial score (nSPS) is 13.9. The predicted molar refractivity (Wildman–Crippen MR) is 78.3 cm³/mol. The van der Waals surface area contributed by atoms with Gasteiger partial charge in [-0.25, -0.2) is 0 Å². The predicted octanol–water partition coefficient (Wildman–Crippen LogP) is 3.28. The van der Waals surface area contributed by atoms with E-state index in [1.165, 1.54) is 58.2 Å². The van der Waals surface area contributed by atoms with E-state index in [-0.39, 0.29) is 0 Å². The standard InChI is InChI=1S/C15H35N2/c1-6-15(2)14-16-12-10-8-7-9-11-13-17(3,4)5/h15-16H,6-14H2,1-5H3/q+1. The van der Waals surface area contributed by atoms with Gasteiger partial charge in [-0.05, 0) is 38.3 Å². The topological polar surface area (TPSA) is 12.0 Å².